The Morgan fingerprint density at radius 3 is 2.53 bits per heavy atom. The number of hydrogen-bond donors (Lipinski definition) is 2. The number of anilines is 1. The first-order chi connectivity index (χ1) is 7.88. The zero-order valence-corrected chi connectivity index (χ0v) is 10.5. The molecule has 1 aromatic heterocycles. The molecule has 0 aliphatic heterocycles. The number of aromatic nitrogens is 2. The van der Waals surface area contributed by atoms with Gasteiger partial charge >= 0.3 is 0 Å². The predicted octanol–water partition coefficient (Wildman–Crippen LogP) is 1.72. The van der Waals surface area contributed by atoms with E-state index in [2.05, 4.69) is 10.2 Å². The summed E-state index contributed by atoms with van der Waals surface area (Å²) in [5, 5.41) is 6.69. The highest BCUT2D eigenvalue weighted by atomic mass is 35.5. The lowest BCUT2D eigenvalue weighted by Gasteiger charge is -2.03. The zero-order chi connectivity index (χ0) is 12.6. The second-order valence-corrected chi connectivity index (χ2v) is 6.02. The third-order valence-electron chi connectivity index (χ3n) is 2.24. The van der Waals surface area contributed by atoms with Gasteiger partial charge in [0.1, 0.15) is 5.82 Å². The van der Waals surface area contributed by atoms with E-state index in [4.69, 9.17) is 17.3 Å². The molecule has 0 fully saturated rings. The number of nitrogens with one attached hydrogen (secondary N) is 1. The van der Waals surface area contributed by atoms with Gasteiger partial charge in [-0.1, -0.05) is 17.7 Å². The van der Waals surface area contributed by atoms with Crippen LogP contribution in [0.25, 0.3) is 11.3 Å². The van der Waals surface area contributed by atoms with E-state index in [1.165, 1.54) is 6.07 Å². The summed E-state index contributed by atoms with van der Waals surface area (Å²) >= 11 is 5.93. The van der Waals surface area contributed by atoms with Crippen LogP contribution in [0.3, 0.4) is 0 Å². The molecule has 0 radical (unpaired) electrons. The highest BCUT2D eigenvalue weighted by Gasteiger charge is 2.13. The molecule has 0 saturated heterocycles. The maximum absolute atomic E-state index is 11.4. The summed E-state index contributed by atoms with van der Waals surface area (Å²) in [6.45, 7) is 0. The number of halogens is 1. The molecule has 17 heavy (non-hydrogen) atoms. The first kappa shape index (κ1) is 11.9. The summed E-state index contributed by atoms with van der Waals surface area (Å²) in [6.07, 6.45) is 1.11. The van der Waals surface area contributed by atoms with Gasteiger partial charge < -0.3 is 5.73 Å². The molecule has 0 aliphatic carbocycles. The maximum Gasteiger partial charge on any atom is 0.176 e. The Hall–Kier alpha value is -1.53. The summed E-state index contributed by atoms with van der Waals surface area (Å²) in [6, 6.07) is 6.32. The SMILES string of the molecule is CS(=O)(=O)c1ccc(-c2cc(N)n[nH]2)cc1Cl. The number of nitrogen functional groups attached to an aromatic ring is 1. The van der Waals surface area contributed by atoms with Gasteiger partial charge in [0, 0.05) is 17.9 Å². The predicted molar refractivity (Wildman–Crippen MR) is 66.6 cm³/mol. The van der Waals surface area contributed by atoms with Crippen molar-refractivity contribution in [1.29, 1.82) is 0 Å². The third-order valence-corrected chi connectivity index (χ3v) is 3.82. The molecule has 5 nitrogen and oxygen atoms in total. The molecule has 0 aliphatic rings. The van der Waals surface area contributed by atoms with Gasteiger partial charge in [0.2, 0.25) is 0 Å². The molecule has 7 heteroatoms. The molecule has 0 atom stereocenters. The number of nitrogens with zero attached hydrogens (tertiary/aromatic N) is 1. The minimum atomic E-state index is -3.31. The van der Waals surface area contributed by atoms with Crippen molar-refractivity contribution in [2.45, 2.75) is 4.90 Å². The lowest BCUT2D eigenvalue weighted by molar-refractivity contribution is 0.602. The van der Waals surface area contributed by atoms with E-state index in [-0.39, 0.29) is 9.92 Å². The molecule has 2 rings (SSSR count). The molecule has 90 valence electrons. The van der Waals surface area contributed by atoms with Crippen LogP contribution in [0.4, 0.5) is 5.82 Å². The number of H-pyrrole nitrogens is 1. The van der Waals surface area contributed by atoms with E-state index in [9.17, 15) is 8.42 Å². The average molecular weight is 272 g/mol. The largest absolute Gasteiger partial charge is 0.382 e. The minimum absolute atomic E-state index is 0.107. The molecule has 0 unspecified atom stereocenters. The second kappa shape index (κ2) is 4.05. The molecular weight excluding hydrogens is 262 g/mol. The van der Waals surface area contributed by atoms with Gasteiger partial charge in [-0.2, -0.15) is 5.10 Å². The van der Waals surface area contributed by atoms with Crippen LogP contribution < -0.4 is 5.73 Å². The van der Waals surface area contributed by atoms with Crippen LogP contribution in [-0.2, 0) is 9.84 Å². The fourth-order valence-electron chi connectivity index (χ4n) is 1.45. The van der Waals surface area contributed by atoms with Crippen molar-refractivity contribution in [3.05, 3.63) is 29.3 Å². The highest BCUT2D eigenvalue weighted by molar-refractivity contribution is 7.90. The van der Waals surface area contributed by atoms with Gasteiger partial charge in [0.15, 0.2) is 9.84 Å². The smallest absolute Gasteiger partial charge is 0.176 e. The normalized spacial score (nSPS) is 11.6. The van der Waals surface area contributed by atoms with Crippen LogP contribution in [0.15, 0.2) is 29.2 Å². The molecule has 0 spiro atoms. The summed E-state index contributed by atoms with van der Waals surface area (Å²) in [5.41, 5.74) is 6.89. The topological polar surface area (TPSA) is 88.8 Å². The van der Waals surface area contributed by atoms with E-state index in [1.54, 1.807) is 18.2 Å². The molecule has 0 saturated carbocycles. The fraction of sp³-hybridized carbons (Fsp3) is 0.100. The molecule has 0 bridgehead atoms. The number of rotatable bonds is 2. The van der Waals surface area contributed by atoms with Crippen molar-refractivity contribution in [1.82, 2.24) is 10.2 Å². The number of hydrogen-bond acceptors (Lipinski definition) is 4. The van der Waals surface area contributed by atoms with Crippen LogP contribution >= 0.6 is 11.6 Å². The van der Waals surface area contributed by atoms with Crippen molar-refractivity contribution >= 4 is 27.3 Å². The molecule has 3 N–H and O–H groups in total. The van der Waals surface area contributed by atoms with Crippen molar-refractivity contribution in [3.63, 3.8) is 0 Å². The van der Waals surface area contributed by atoms with E-state index in [1.807, 2.05) is 0 Å². The number of sulfone groups is 1. The maximum atomic E-state index is 11.4. The number of nitrogens with two attached hydrogens (primary N) is 1. The minimum Gasteiger partial charge on any atom is -0.382 e. The van der Waals surface area contributed by atoms with Gasteiger partial charge in [-0.05, 0) is 12.1 Å². The van der Waals surface area contributed by atoms with Gasteiger partial charge in [0.25, 0.3) is 0 Å². The third kappa shape index (κ3) is 2.42. The quantitative estimate of drug-likeness (QED) is 0.870. The Morgan fingerprint density at radius 1 is 1.35 bits per heavy atom. The Morgan fingerprint density at radius 2 is 2.06 bits per heavy atom. The second-order valence-electron chi connectivity index (χ2n) is 3.62. The molecule has 1 heterocycles. The van der Waals surface area contributed by atoms with Gasteiger partial charge in [-0.25, -0.2) is 8.42 Å². The number of aromatic amines is 1. The van der Waals surface area contributed by atoms with Crippen molar-refractivity contribution in [3.8, 4) is 11.3 Å². The van der Waals surface area contributed by atoms with Gasteiger partial charge in [0.05, 0.1) is 15.6 Å². The zero-order valence-electron chi connectivity index (χ0n) is 8.94. The standard InChI is InChI=1S/C10H10ClN3O2S/c1-17(15,16)9-3-2-6(4-7(9)11)8-5-10(12)14-13-8/h2-5H,1H3,(H3,12,13,14). The van der Waals surface area contributed by atoms with Crippen LogP contribution in [0.5, 0.6) is 0 Å². The Balaban J connectivity index is 2.52. The van der Waals surface area contributed by atoms with Gasteiger partial charge in [-0.15, -0.1) is 0 Å². The van der Waals surface area contributed by atoms with Crippen LogP contribution in [0, 0.1) is 0 Å². The number of benzene rings is 1. The molecule has 0 amide bonds. The van der Waals surface area contributed by atoms with Crippen LogP contribution in [-0.4, -0.2) is 24.9 Å². The highest BCUT2D eigenvalue weighted by Crippen LogP contribution is 2.27. The van der Waals surface area contributed by atoms with Gasteiger partial charge in [-0.3, -0.25) is 5.10 Å². The lowest BCUT2D eigenvalue weighted by Crippen LogP contribution is -1.98. The van der Waals surface area contributed by atoms with Crippen molar-refractivity contribution < 1.29 is 8.42 Å². The summed E-state index contributed by atoms with van der Waals surface area (Å²) < 4.78 is 22.8. The van der Waals surface area contributed by atoms with Crippen LogP contribution in [0.2, 0.25) is 5.02 Å². The van der Waals surface area contributed by atoms with Crippen LogP contribution in [0.1, 0.15) is 0 Å². The summed E-state index contributed by atoms with van der Waals surface area (Å²) in [7, 11) is -3.31. The Kier molecular flexibility index (Phi) is 2.84. The molecule has 2 aromatic rings. The fourth-order valence-corrected chi connectivity index (χ4v) is 2.78. The van der Waals surface area contributed by atoms with E-state index in [0.717, 1.165) is 11.8 Å². The van der Waals surface area contributed by atoms with Crippen molar-refractivity contribution in [2.75, 3.05) is 12.0 Å². The Bertz CT molecular complexity index is 664. The first-order valence-electron chi connectivity index (χ1n) is 4.69. The van der Waals surface area contributed by atoms with E-state index in [0.29, 0.717) is 11.5 Å². The average Bonchev–Trinajstić information content (AvgIpc) is 2.62. The monoisotopic (exact) mass is 271 g/mol. The molecule has 1 aromatic carbocycles. The van der Waals surface area contributed by atoms with E-state index >= 15 is 0 Å². The molecular formula is C10H10ClN3O2S. The summed E-state index contributed by atoms with van der Waals surface area (Å²) in [4.78, 5) is 0.107. The lowest BCUT2D eigenvalue weighted by atomic mass is 10.1. The summed E-state index contributed by atoms with van der Waals surface area (Å²) in [5.74, 6) is 0.364. The Labute approximate surface area is 104 Å². The van der Waals surface area contributed by atoms with E-state index < -0.39 is 9.84 Å². The van der Waals surface area contributed by atoms with Crippen molar-refractivity contribution in [2.24, 2.45) is 0 Å². The first-order valence-corrected chi connectivity index (χ1v) is 6.96.